The zero-order chi connectivity index (χ0) is 25.5. The van der Waals surface area contributed by atoms with Crippen LogP contribution in [-0.2, 0) is 0 Å². The number of hydrogen-bond acceptors (Lipinski definition) is 7. The molecule has 3 N–H and O–H groups in total. The Kier molecular flexibility index (Phi) is 9.27. The van der Waals surface area contributed by atoms with Crippen LogP contribution in [-0.4, -0.2) is 76.5 Å². The number of nitrogens with one attached hydrogen (secondary N) is 1. The molecule has 2 heterocycles. The summed E-state index contributed by atoms with van der Waals surface area (Å²) in [7, 11) is 0. The first-order valence-corrected chi connectivity index (χ1v) is 14.4. The second-order valence-corrected chi connectivity index (χ2v) is 11.7. The van der Waals surface area contributed by atoms with Crippen LogP contribution in [0.25, 0.3) is 0 Å². The predicted octanol–water partition coefficient (Wildman–Crippen LogP) is -0.507. The third kappa shape index (κ3) is 6.80. The van der Waals surface area contributed by atoms with Gasteiger partial charge in [-0.25, -0.2) is 0 Å². The zero-order valence-electron chi connectivity index (χ0n) is 20.2. The Labute approximate surface area is 221 Å². The molecule has 1 fully saturated rings. The Hall–Kier alpha value is -2.57. The SMILES string of the molecule is Cc1cc2c(c(C(=O)N[I-][C@@H]3CCN(CCCOc4ccccc4C(=O)O)C[C@H]3O)c1)OCCCO2. The third-order valence-corrected chi connectivity index (χ3v) is 9.15. The number of fused-ring (bicyclic) bond motifs is 1. The summed E-state index contributed by atoms with van der Waals surface area (Å²) in [6.45, 7) is 5.53. The number of aliphatic hydroxyl groups is 1. The molecule has 36 heavy (non-hydrogen) atoms. The number of likely N-dealkylation sites (tertiary alicyclic amines) is 1. The number of halogens is 1. The van der Waals surface area contributed by atoms with Crippen LogP contribution in [0.3, 0.4) is 0 Å². The molecular formula is C26H32IN2O7-. The van der Waals surface area contributed by atoms with E-state index in [1.165, 1.54) is 6.07 Å². The summed E-state index contributed by atoms with van der Waals surface area (Å²) in [5, 5.41) is 20.0. The molecular weight excluding hydrogens is 579 g/mol. The topological polar surface area (TPSA) is 118 Å². The first-order chi connectivity index (χ1) is 17.4. The molecule has 0 unspecified atom stereocenters. The number of rotatable bonds is 9. The van der Waals surface area contributed by atoms with E-state index < -0.39 is 33.6 Å². The van der Waals surface area contributed by atoms with Crippen molar-refractivity contribution in [1.82, 2.24) is 8.43 Å². The van der Waals surface area contributed by atoms with Crippen molar-refractivity contribution in [2.45, 2.75) is 36.2 Å². The maximum absolute atomic E-state index is 13.0. The van der Waals surface area contributed by atoms with Crippen LogP contribution in [0.4, 0.5) is 0 Å². The quantitative estimate of drug-likeness (QED) is 0.150. The number of aromatic carboxylic acids is 1. The number of aryl methyl sites for hydroxylation is 1. The second-order valence-electron chi connectivity index (χ2n) is 8.90. The molecule has 9 nitrogen and oxygen atoms in total. The van der Waals surface area contributed by atoms with E-state index in [9.17, 15) is 19.8 Å². The number of para-hydroxylation sites is 1. The number of carbonyl (C=O) groups excluding carboxylic acids is 1. The number of ether oxygens (including phenoxy) is 3. The van der Waals surface area contributed by atoms with E-state index >= 15 is 0 Å². The molecule has 4 rings (SSSR count). The normalized spacial score (nSPS) is 19.9. The molecule has 0 radical (unpaired) electrons. The van der Waals surface area contributed by atoms with Crippen molar-refractivity contribution < 1.29 is 55.5 Å². The van der Waals surface area contributed by atoms with Crippen molar-refractivity contribution >= 4 is 11.9 Å². The first kappa shape index (κ1) is 26.5. The Morgan fingerprint density at radius 1 is 1.19 bits per heavy atom. The molecule has 2 aromatic rings. The van der Waals surface area contributed by atoms with Crippen molar-refractivity contribution in [2.75, 3.05) is 39.5 Å². The Bertz CT molecular complexity index is 1080. The van der Waals surface area contributed by atoms with E-state index in [-0.39, 0.29) is 15.4 Å². The van der Waals surface area contributed by atoms with Gasteiger partial charge in [-0.05, 0) is 0 Å². The van der Waals surface area contributed by atoms with Gasteiger partial charge in [0.05, 0.1) is 0 Å². The van der Waals surface area contributed by atoms with Gasteiger partial charge in [0, 0.05) is 0 Å². The van der Waals surface area contributed by atoms with E-state index in [1.807, 2.05) is 19.1 Å². The van der Waals surface area contributed by atoms with E-state index in [2.05, 4.69) is 8.43 Å². The number of alkyl halides is 1. The fourth-order valence-electron chi connectivity index (χ4n) is 4.29. The number of β-amino-alcohol motifs (C(OH)–C–C–N with tert-alkyl or cyclic N) is 1. The van der Waals surface area contributed by atoms with Crippen LogP contribution < -0.4 is 39.2 Å². The number of benzene rings is 2. The molecule has 1 amide bonds. The molecule has 2 aromatic carbocycles. The van der Waals surface area contributed by atoms with Gasteiger partial charge >= 0.3 is 222 Å². The van der Waals surface area contributed by atoms with Crippen LogP contribution in [0.15, 0.2) is 36.4 Å². The molecule has 0 aromatic heterocycles. The van der Waals surface area contributed by atoms with Crippen LogP contribution in [0, 0.1) is 6.92 Å². The van der Waals surface area contributed by atoms with Crippen molar-refractivity contribution in [3.63, 3.8) is 0 Å². The molecule has 0 saturated carbocycles. The number of aliphatic hydroxyl groups excluding tert-OH is 1. The summed E-state index contributed by atoms with van der Waals surface area (Å²) in [5.41, 5.74) is 1.58. The summed E-state index contributed by atoms with van der Waals surface area (Å²) in [4.78, 5) is 26.5. The predicted molar refractivity (Wildman–Crippen MR) is 129 cm³/mol. The van der Waals surface area contributed by atoms with Crippen LogP contribution in [0.2, 0.25) is 0 Å². The molecule has 2 aliphatic rings. The molecule has 2 aliphatic heterocycles. The third-order valence-electron chi connectivity index (χ3n) is 6.09. The number of hydrogen-bond donors (Lipinski definition) is 3. The van der Waals surface area contributed by atoms with Crippen LogP contribution in [0.5, 0.6) is 17.2 Å². The van der Waals surface area contributed by atoms with Crippen molar-refractivity contribution in [3.8, 4) is 17.2 Å². The van der Waals surface area contributed by atoms with E-state index in [4.69, 9.17) is 14.2 Å². The summed E-state index contributed by atoms with van der Waals surface area (Å²) in [6.07, 6.45) is 1.80. The number of carbonyl (C=O) groups is 2. The van der Waals surface area contributed by atoms with Crippen molar-refractivity contribution in [2.24, 2.45) is 0 Å². The van der Waals surface area contributed by atoms with E-state index in [0.717, 1.165) is 37.9 Å². The zero-order valence-corrected chi connectivity index (χ0v) is 22.4. The van der Waals surface area contributed by atoms with Crippen LogP contribution in [0.1, 0.15) is 45.5 Å². The molecule has 2 atom stereocenters. The number of amides is 1. The van der Waals surface area contributed by atoms with Crippen molar-refractivity contribution in [3.05, 3.63) is 53.1 Å². The Morgan fingerprint density at radius 2 is 2.00 bits per heavy atom. The Morgan fingerprint density at radius 3 is 2.81 bits per heavy atom. The van der Waals surface area contributed by atoms with Gasteiger partial charge < -0.3 is 0 Å². The number of carboxylic acids is 1. The molecule has 0 aliphatic carbocycles. The average Bonchev–Trinajstić information content (AvgIpc) is 3.11. The second kappa shape index (κ2) is 12.6. The number of carboxylic acid groups (broad SMARTS) is 1. The minimum absolute atomic E-state index is 0.0725. The molecule has 0 spiro atoms. The standard InChI is InChI=1S/C26H32IN2O7/c1-17-14-19(24-23(15-17)35-12-5-13-36-24)25(31)28-27-20-8-10-29(16-21(20)30)9-4-11-34-22-7-3-2-6-18(22)26(32)33/h2-3,6-7,14-15,20-21,30H,4-5,8-13,16H2,1H3,(H,28,31)(H,32,33)/q-1/t20-,21-/m1/s1. The van der Waals surface area contributed by atoms with Crippen molar-refractivity contribution in [1.29, 1.82) is 0 Å². The molecule has 0 bridgehead atoms. The van der Waals surface area contributed by atoms with Gasteiger partial charge in [-0.3, -0.25) is 0 Å². The van der Waals surface area contributed by atoms with Gasteiger partial charge in [-0.15, -0.1) is 0 Å². The summed E-state index contributed by atoms with van der Waals surface area (Å²) < 4.78 is 20.4. The minimum atomic E-state index is -1.01. The van der Waals surface area contributed by atoms with Gasteiger partial charge in [0.15, 0.2) is 0 Å². The fraction of sp³-hybridized carbons (Fsp3) is 0.462. The summed E-state index contributed by atoms with van der Waals surface area (Å²) in [6, 6.07) is 10.3. The van der Waals surface area contributed by atoms with Gasteiger partial charge in [0.25, 0.3) is 0 Å². The monoisotopic (exact) mass is 611 g/mol. The summed E-state index contributed by atoms with van der Waals surface area (Å²) in [5.74, 6) is 0.293. The number of nitrogens with zero attached hydrogens (tertiary/aromatic N) is 1. The maximum atomic E-state index is 13.0. The Balaban J connectivity index is 1.22. The molecule has 1 saturated heterocycles. The average molecular weight is 611 g/mol. The van der Waals surface area contributed by atoms with Crippen LogP contribution >= 0.6 is 0 Å². The fourth-order valence-corrected chi connectivity index (χ4v) is 6.49. The van der Waals surface area contributed by atoms with E-state index in [1.54, 1.807) is 18.2 Å². The van der Waals surface area contributed by atoms with Gasteiger partial charge in [-0.1, -0.05) is 0 Å². The van der Waals surface area contributed by atoms with Gasteiger partial charge in [0.1, 0.15) is 0 Å². The summed E-state index contributed by atoms with van der Waals surface area (Å²) >= 11 is -0.764. The first-order valence-electron chi connectivity index (χ1n) is 12.1. The molecule has 10 heteroatoms. The van der Waals surface area contributed by atoms with E-state index in [0.29, 0.717) is 49.2 Å². The molecule has 196 valence electrons. The number of piperidine rings is 1. The van der Waals surface area contributed by atoms with Gasteiger partial charge in [0.2, 0.25) is 0 Å². The van der Waals surface area contributed by atoms with Gasteiger partial charge in [-0.2, -0.15) is 0 Å².